The van der Waals surface area contributed by atoms with E-state index in [4.69, 9.17) is 14.2 Å². The molecule has 0 aliphatic carbocycles. The zero-order valence-electron chi connectivity index (χ0n) is 21.3. The molecule has 0 saturated heterocycles. The number of rotatable bonds is 14. The normalized spacial score (nSPS) is 11.5. The lowest BCUT2D eigenvalue weighted by Crippen LogP contribution is -2.39. The van der Waals surface area contributed by atoms with E-state index in [1.165, 1.54) is 60.1 Å². The minimum absolute atomic E-state index is 0.622. The first kappa shape index (κ1) is 27.3. The van der Waals surface area contributed by atoms with E-state index in [0.29, 0.717) is 19.8 Å². The summed E-state index contributed by atoms with van der Waals surface area (Å²) in [6.45, 7) is 10.1. The van der Waals surface area contributed by atoms with E-state index in [1.807, 2.05) is 20.8 Å². The van der Waals surface area contributed by atoms with Crippen molar-refractivity contribution in [2.45, 2.75) is 85.0 Å². The molecule has 3 aromatic carbocycles. The van der Waals surface area contributed by atoms with Gasteiger partial charge in [-0.15, -0.1) is 0 Å². The Morgan fingerprint density at radius 2 is 0.939 bits per heavy atom. The Morgan fingerprint density at radius 1 is 0.515 bits per heavy atom. The molecule has 3 heteroatoms. The van der Waals surface area contributed by atoms with E-state index in [2.05, 4.69) is 67.6 Å². The van der Waals surface area contributed by atoms with Crippen molar-refractivity contribution < 1.29 is 14.2 Å². The number of hydrogen-bond donors (Lipinski definition) is 0. The molecule has 0 saturated carbocycles. The molecule has 0 amide bonds. The maximum atomic E-state index is 5.71. The molecule has 182 valence electrons. The molecule has 3 nitrogen and oxygen atoms in total. The highest BCUT2D eigenvalue weighted by Gasteiger charge is 2.31. The Bertz CT molecular complexity index is 833. The highest BCUT2D eigenvalue weighted by molar-refractivity contribution is 6.07. The van der Waals surface area contributed by atoms with Crippen LogP contribution >= 0.6 is 0 Å². The summed E-state index contributed by atoms with van der Waals surface area (Å²) in [5.41, 5.74) is 0. The van der Waals surface area contributed by atoms with Crippen molar-refractivity contribution in [2.24, 2.45) is 0 Å². The van der Waals surface area contributed by atoms with Crippen LogP contribution in [0.15, 0.2) is 60.7 Å². The number of hydrogen-bond acceptors (Lipinski definition) is 3. The van der Waals surface area contributed by atoms with E-state index in [9.17, 15) is 0 Å². The van der Waals surface area contributed by atoms with Crippen LogP contribution in [0.2, 0.25) is 0 Å². The SMILES string of the molecule is CCCCCCCCCC(OCC)(OCC)OCC.c1ccc2c(c1)ccc1ccccc12. The molecule has 33 heavy (non-hydrogen) atoms. The molecule has 0 aliphatic heterocycles. The Hall–Kier alpha value is -1.94. The Morgan fingerprint density at radius 3 is 1.39 bits per heavy atom. The largest absolute Gasteiger partial charge is 0.328 e. The summed E-state index contributed by atoms with van der Waals surface area (Å²) < 4.78 is 17.1. The van der Waals surface area contributed by atoms with Crippen LogP contribution in [0.25, 0.3) is 21.5 Å². The number of ether oxygens (including phenoxy) is 3. The highest BCUT2D eigenvalue weighted by atomic mass is 16.9. The maximum Gasteiger partial charge on any atom is 0.282 e. The summed E-state index contributed by atoms with van der Waals surface area (Å²) in [5, 5.41) is 5.30. The topological polar surface area (TPSA) is 27.7 Å². The van der Waals surface area contributed by atoms with Crippen molar-refractivity contribution in [3.05, 3.63) is 60.7 Å². The third-order valence-corrected chi connectivity index (χ3v) is 5.83. The van der Waals surface area contributed by atoms with Crippen LogP contribution in [0.3, 0.4) is 0 Å². The van der Waals surface area contributed by atoms with E-state index < -0.39 is 5.97 Å². The smallest absolute Gasteiger partial charge is 0.282 e. The summed E-state index contributed by atoms with van der Waals surface area (Å²) in [4.78, 5) is 0. The van der Waals surface area contributed by atoms with Crippen molar-refractivity contribution in [3.63, 3.8) is 0 Å². The predicted molar refractivity (Wildman–Crippen MR) is 142 cm³/mol. The maximum absolute atomic E-state index is 5.71. The van der Waals surface area contributed by atoms with Crippen molar-refractivity contribution in [2.75, 3.05) is 19.8 Å². The molecular weight excluding hydrogens is 408 g/mol. The summed E-state index contributed by atoms with van der Waals surface area (Å²) in [6, 6.07) is 21.4. The van der Waals surface area contributed by atoms with E-state index >= 15 is 0 Å². The minimum atomic E-state index is -0.804. The van der Waals surface area contributed by atoms with Gasteiger partial charge >= 0.3 is 0 Å². The van der Waals surface area contributed by atoms with Crippen LogP contribution < -0.4 is 0 Å². The molecule has 0 spiro atoms. The average Bonchev–Trinajstić information content (AvgIpc) is 2.84. The minimum Gasteiger partial charge on any atom is -0.328 e. The van der Waals surface area contributed by atoms with Gasteiger partial charge in [0.1, 0.15) is 0 Å². The molecule has 0 aromatic heterocycles. The first-order chi connectivity index (χ1) is 16.2. The van der Waals surface area contributed by atoms with Gasteiger partial charge in [0.25, 0.3) is 5.97 Å². The molecular formula is C30H44O3. The first-order valence-electron chi connectivity index (χ1n) is 13.0. The van der Waals surface area contributed by atoms with Gasteiger partial charge in [0.05, 0.1) is 0 Å². The van der Waals surface area contributed by atoms with Crippen LogP contribution in [0, 0.1) is 0 Å². The lowest BCUT2D eigenvalue weighted by molar-refractivity contribution is -0.380. The second-order valence-electron chi connectivity index (χ2n) is 8.36. The second-order valence-corrected chi connectivity index (χ2v) is 8.36. The van der Waals surface area contributed by atoms with Crippen LogP contribution in [0.4, 0.5) is 0 Å². The molecule has 0 unspecified atom stereocenters. The van der Waals surface area contributed by atoms with Gasteiger partial charge in [0, 0.05) is 26.2 Å². The Labute approximate surface area is 201 Å². The molecule has 0 radical (unpaired) electrons. The van der Waals surface area contributed by atoms with Crippen LogP contribution in [-0.4, -0.2) is 25.8 Å². The fourth-order valence-electron chi connectivity index (χ4n) is 4.25. The molecule has 0 N–H and O–H groups in total. The molecule has 3 aromatic rings. The third-order valence-electron chi connectivity index (χ3n) is 5.83. The number of fused-ring (bicyclic) bond motifs is 3. The van der Waals surface area contributed by atoms with Gasteiger partial charge in [0.2, 0.25) is 0 Å². The molecule has 0 atom stereocenters. The standard InChI is InChI=1S/C16H34O3.C14H10/c1-5-9-10-11-12-13-14-15-16(17-6-2,18-7-3)19-8-4;1-3-7-13-11(5-1)9-10-12-6-2-4-8-14(12)13/h5-15H2,1-4H3;1-10H. The molecule has 0 heterocycles. The van der Waals surface area contributed by atoms with Gasteiger partial charge in [0.15, 0.2) is 0 Å². The van der Waals surface area contributed by atoms with Crippen molar-refractivity contribution in [1.82, 2.24) is 0 Å². The highest BCUT2D eigenvalue weighted by Crippen LogP contribution is 2.25. The van der Waals surface area contributed by atoms with Crippen LogP contribution in [0.5, 0.6) is 0 Å². The van der Waals surface area contributed by atoms with Gasteiger partial charge in [-0.1, -0.05) is 106 Å². The van der Waals surface area contributed by atoms with E-state index in [1.54, 1.807) is 0 Å². The van der Waals surface area contributed by atoms with Gasteiger partial charge in [-0.05, 0) is 48.7 Å². The van der Waals surface area contributed by atoms with Crippen LogP contribution in [-0.2, 0) is 14.2 Å². The Kier molecular flexibility index (Phi) is 13.1. The summed E-state index contributed by atoms with van der Waals surface area (Å²) >= 11 is 0. The van der Waals surface area contributed by atoms with Crippen molar-refractivity contribution in [3.8, 4) is 0 Å². The first-order valence-corrected chi connectivity index (χ1v) is 13.0. The Balaban J connectivity index is 0.000000241. The second kappa shape index (κ2) is 15.8. The summed E-state index contributed by atoms with van der Waals surface area (Å²) in [5.74, 6) is -0.804. The van der Waals surface area contributed by atoms with Crippen LogP contribution in [0.1, 0.15) is 79.1 Å². The van der Waals surface area contributed by atoms with Crippen molar-refractivity contribution >= 4 is 21.5 Å². The molecule has 0 aliphatic rings. The number of unbranched alkanes of at least 4 members (excludes halogenated alkanes) is 6. The monoisotopic (exact) mass is 452 g/mol. The average molecular weight is 453 g/mol. The molecule has 3 rings (SSSR count). The summed E-state index contributed by atoms with van der Waals surface area (Å²) in [6.07, 6.45) is 9.85. The molecule has 0 bridgehead atoms. The van der Waals surface area contributed by atoms with E-state index in [-0.39, 0.29) is 0 Å². The van der Waals surface area contributed by atoms with E-state index in [0.717, 1.165) is 12.8 Å². The zero-order chi connectivity index (χ0) is 23.8. The fraction of sp³-hybridized carbons (Fsp3) is 0.533. The van der Waals surface area contributed by atoms with Gasteiger partial charge < -0.3 is 14.2 Å². The van der Waals surface area contributed by atoms with Crippen molar-refractivity contribution in [1.29, 1.82) is 0 Å². The predicted octanol–water partition coefficient (Wildman–Crippen LogP) is 8.88. The zero-order valence-corrected chi connectivity index (χ0v) is 21.3. The summed E-state index contributed by atoms with van der Waals surface area (Å²) in [7, 11) is 0. The number of benzene rings is 3. The lowest BCUT2D eigenvalue weighted by Gasteiger charge is -2.32. The fourth-order valence-corrected chi connectivity index (χ4v) is 4.25. The van der Waals surface area contributed by atoms with Gasteiger partial charge in [-0.2, -0.15) is 0 Å². The van der Waals surface area contributed by atoms with Gasteiger partial charge in [-0.25, -0.2) is 0 Å². The molecule has 0 fully saturated rings. The third kappa shape index (κ3) is 9.08. The lowest BCUT2D eigenvalue weighted by atomic mass is 10.0. The van der Waals surface area contributed by atoms with Gasteiger partial charge in [-0.3, -0.25) is 0 Å². The quantitative estimate of drug-likeness (QED) is 0.139.